The summed E-state index contributed by atoms with van der Waals surface area (Å²) in [5.74, 6) is -1.77. The molecule has 1 aliphatic heterocycles. The Labute approximate surface area is 187 Å². The molecule has 2 aliphatic rings. The van der Waals surface area contributed by atoms with Gasteiger partial charge in [-0.1, -0.05) is 38.0 Å². The number of carbonyl (C=O) groups is 4. The molecule has 0 aromatic heterocycles. The average Bonchev–Trinajstić information content (AvgIpc) is 3.01. The first-order valence-electron chi connectivity index (χ1n) is 10.9. The second-order valence-corrected chi connectivity index (χ2v) is 8.31. The Balaban J connectivity index is 1.65. The number of hydrogen-bond acceptors (Lipinski definition) is 6. The number of ether oxygens (including phenoxy) is 1. The highest BCUT2D eigenvalue weighted by atomic mass is 16.5. The van der Waals surface area contributed by atoms with E-state index in [0.29, 0.717) is 12.1 Å². The lowest BCUT2D eigenvalue weighted by molar-refractivity contribution is -0.156. The number of nitriles is 1. The van der Waals surface area contributed by atoms with E-state index in [9.17, 15) is 19.2 Å². The highest BCUT2D eigenvalue weighted by Gasteiger charge is 2.55. The van der Waals surface area contributed by atoms with Gasteiger partial charge in [0.05, 0.1) is 12.5 Å². The van der Waals surface area contributed by atoms with Gasteiger partial charge in [-0.05, 0) is 37.8 Å². The number of esters is 1. The molecule has 170 valence electrons. The van der Waals surface area contributed by atoms with Gasteiger partial charge in [0.2, 0.25) is 0 Å². The number of rotatable bonds is 7. The van der Waals surface area contributed by atoms with Gasteiger partial charge in [-0.2, -0.15) is 5.26 Å². The van der Waals surface area contributed by atoms with Crippen molar-refractivity contribution in [3.8, 4) is 6.07 Å². The van der Waals surface area contributed by atoms with Gasteiger partial charge >= 0.3 is 12.0 Å². The predicted octanol–water partition coefficient (Wildman–Crippen LogP) is 2.37. The van der Waals surface area contributed by atoms with Crippen LogP contribution in [0.4, 0.5) is 10.5 Å². The van der Waals surface area contributed by atoms with Crippen molar-refractivity contribution in [3.05, 3.63) is 30.3 Å². The van der Waals surface area contributed by atoms with Crippen molar-refractivity contribution in [2.24, 2.45) is 5.92 Å². The van der Waals surface area contributed by atoms with Gasteiger partial charge in [-0.25, -0.2) is 4.79 Å². The largest absolute Gasteiger partial charge is 0.451 e. The zero-order chi connectivity index (χ0) is 23.3. The number of benzene rings is 1. The molecule has 32 heavy (non-hydrogen) atoms. The van der Waals surface area contributed by atoms with Crippen LogP contribution in [0.2, 0.25) is 0 Å². The second-order valence-electron chi connectivity index (χ2n) is 8.31. The number of nitrogens with one attached hydrogen (secondary N) is 1. The van der Waals surface area contributed by atoms with Gasteiger partial charge in [0.1, 0.15) is 12.1 Å². The van der Waals surface area contributed by atoms with Crippen LogP contribution in [0.1, 0.15) is 46.0 Å². The molecule has 3 rings (SSSR count). The number of para-hydroxylation sites is 1. The number of amides is 4. The summed E-state index contributed by atoms with van der Waals surface area (Å²) in [6, 6.07) is 10.2. The quantitative estimate of drug-likeness (QED) is 0.513. The van der Waals surface area contributed by atoms with E-state index in [2.05, 4.69) is 5.32 Å². The molecule has 3 atom stereocenters. The average molecular weight is 441 g/mol. The minimum atomic E-state index is -1.15. The van der Waals surface area contributed by atoms with Crippen molar-refractivity contribution < 1.29 is 23.9 Å². The Morgan fingerprint density at radius 1 is 1.31 bits per heavy atom. The van der Waals surface area contributed by atoms with Gasteiger partial charge in [0.25, 0.3) is 11.8 Å². The summed E-state index contributed by atoms with van der Waals surface area (Å²) in [4.78, 5) is 53.1. The highest BCUT2D eigenvalue weighted by Crippen LogP contribution is 2.38. The van der Waals surface area contributed by atoms with E-state index in [1.165, 1.54) is 11.8 Å². The Kier molecular flexibility index (Phi) is 7.13. The summed E-state index contributed by atoms with van der Waals surface area (Å²) in [6.07, 6.45) is 2.17. The smallest absolute Gasteiger partial charge is 0.327 e. The summed E-state index contributed by atoms with van der Waals surface area (Å²) in [5.41, 5.74) is -0.378. The Bertz CT molecular complexity index is 928. The number of carbonyl (C=O) groups excluding carboxylic acids is 4. The molecule has 1 aliphatic carbocycles. The van der Waals surface area contributed by atoms with E-state index in [4.69, 9.17) is 10.00 Å². The lowest BCUT2D eigenvalue weighted by Crippen LogP contribution is -2.54. The first-order chi connectivity index (χ1) is 15.3. The fourth-order valence-corrected chi connectivity index (χ4v) is 4.41. The van der Waals surface area contributed by atoms with Crippen molar-refractivity contribution in [1.82, 2.24) is 10.2 Å². The van der Waals surface area contributed by atoms with Crippen molar-refractivity contribution in [2.45, 2.75) is 57.6 Å². The van der Waals surface area contributed by atoms with Crippen LogP contribution in [-0.4, -0.2) is 53.4 Å². The molecule has 1 aromatic carbocycles. The highest BCUT2D eigenvalue weighted by molar-refractivity contribution is 6.09. The zero-order valence-electron chi connectivity index (χ0n) is 18.4. The van der Waals surface area contributed by atoms with Crippen LogP contribution in [0.25, 0.3) is 0 Å². The van der Waals surface area contributed by atoms with Crippen molar-refractivity contribution in [3.63, 3.8) is 0 Å². The molecule has 0 bridgehead atoms. The van der Waals surface area contributed by atoms with E-state index < -0.39 is 42.0 Å². The molecular weight excluding hydrogens is 412 g/mol. The van der Waals surface area contributed by atoms with Crippen molar-refractivity contribution in [2.75, 3.05) is 18.0 Å². The third-order valence-electron chi connectivity index (χ3n) is 6.23. The van der Waals surface area contributed by atoms with Gasteiger partial charge in [-0.3, -0.25) is 19.3 Å². The number of imide groups is 1. The molecule has 9 heteroatoms. The van der Waals surface area contributed by atoms with Crippen LogP contribution in [0.5, 0.6) is 0 Å². The van der Waals surface area contributed by atoms with Crippen LogP contribution in [0.15, 0.2) is 30.3 Å². The van der Waals surface area contributed by atoms with Crippen molar-refractivity contribution >= 4 is 29.5 Å². The van der Waals surface area contributed by atoms with E-state index >= 15 is 0 Å². The Hall–Kier alpha value is -3.41. The number of nitrogens with zero attached hydrogens (tertiary/aromatic N) is 3. The number of hydrogen-bond donors (Lipinski definition) is 1. The normalized spacial score (nSPS) is 23.4. The molecule has 4 amide bonds. The summed E-state index contributed by atoms with van der Waals surface area (Å²) >= 11 is 0. The molecule has 0 unspecified atom stereocenters. The lowest BCUT2D eigenvalue weighted by atomic mass is 9.73. The minimum absolute atomic E-state index is 0.0196. The van der Waals surface area contributed by atoms with E-state index in [1.54, 1.807) is 30.3 Å². The maximum absolute atomic E-state index is 13.0. The van der Waals surface area contributed by atoms with Gasteiger partial charge < -0.3 is 15.0 Å². The predicted molar refractivity (Wildman–Crippen MR) is 115 cm³/mol. The summed E-state index contributed by atoms with van der Waals surface area (Å²) < 4.78 is 5.27. The fourth-order valence-electron chi connectivity index (χ4n) is 4.41. The second kappa shape index (κ2) is 9.81. The van der Waals surface area contributed by atoms with E-state index in [-0.39, 0.29) is 18.9 Å². The number of urea groups is 1. The summed E-state index contributed by atoms with van der Waals surface area (Å²) in [5, 5.41) is 11.7. The molecule has 1 aromatic rings. The van der Waals surface area contributed by atoms with E-state index in [1.807, 2.05) is 13.0 Å². The van der Waals surface area contributed by atoms with Crippen LogP contribution in [-0.2, 0) is 19.1 Å². The molecule has 1 N–H and O–H groups in total. The van der Waals surface area contributed by atoms with Crippen LogP contribution < -0.4 is 10.2 Å². The molecule has 1 spiro atoms. The molecule has 1 saturated heterocycles. The molecule has 2 fully saturated rings. The molecule has 0 radical (unpaired) electrons. The maximum Gasteiger partial charge on any atom is 0.327 e. The Morgan fingerprint density at radius 2 is 2.03 bits per heavy atom. The monoisotopic (exact) mass is 440 g/mol. The number of anilines is 1. The van der Waals surface area contributed by atoms with Gasteiger partial charge in [-0.15, -0.1) is 0 Å². The lowest BCUT2D eigenvalue weighted by Gasteiger charge is -2.36. The molecule has 9 nitrogen and oxygen atoms in total. The minimum Gasteiger partial charge on any atom is -0.451 e. The topological polar surface area (TPSA) is 120 Å². The van der Waals surface area contributed by atoms with Crippen LogP contribution >= 0.6 is 0 Å². The third kappa shape index (κ3) is 4.59. The SMILES string of the molecule is C[C@H](OC(=O)CN1C(=O)N[C@]2(CCCC[C@H]2C)C1=O)C(=O)N(CCC#N)c1ccccc1. The molecule has 1 heterocycles. The van der Waals surface area contributed by atoms with E-state index in [0.717, 1.165) is 24.2 Å². The van der Waals surface area contributed by atoms with Gasteiger partial charge in [0.15, 0.2) is 6.10 Å². The standard InChI is InChI=1S/C23H28N4O5/c1-16-9-6-7-12-23(16)21(30)27(22(31)25-23)15-19(28)32-17(2)20(29)26(14-8-13-24)18-10-4-3-5-11-18/h3-5,10-11,16-17H,6-9,12,14-15H2,1-2H3,(H,25,31)/t16-,17+,23+/m1/s1. The first kappa shape index (κ1) is 23.3. The van der Waals surface area contributed by atoms with Crippen LogP contribution in [0, 0.1) is 17.2 Å². The Morgan fingerprint density at radius 3 is 2.69 bits per heavy atom. The third-order valence-corrected chi connectivity index (χ3v) is 6.23. The maximum atomic E-state index is 13.0. The first-order valence-corrected chi connectivity index (χ1v) is 10.9. The summed E-state index contributed by atoms with van der Waals surface area (Å²) in [6.45, 7) is 2.95. The van der Waals surface area contributed by atoms with Crippen molar-refractivity contribution in [1.29, 1.82) is 5.26 Å². The zero-order valence-corrected chi connectivity index (χ0v) is 18.4. The van der Waals surface area contributed by atoms with Gasteiger partial charge in [0, 0.05) is 12.2 Å². The van der Waals surface area contributed by atoms with Crippen LogP contribution in [0.3, 0.4) is 0 Å². The molecular formula is C23H28N4O5. The summed E-state index contributed by atoms with van der Waals surface area (Å²) in [7, 11) is 0. The molecule has 1 saturated carbocycles. The fraction of sp³-hybridized carbons (Fsp3) is 0.522.